The van der Waals surface area contributed by atoms with Gasteiger partial charge in [0.1, 0.15) is 0 Å². The smallest absolute Gasteiger partial charge is 0.0548 e. The quantitative estimate of drug-likeness (QED) is 0.166. The minimum Gasteiger partial charge on any atom is -0.309 e. The van der Waals surface area contributed by atoms with Crippen molar-refractivity contribution in [3.8, 4) is 44.8 Å². The molecule has 3 aromatic heterocycles. The van der Waals surface area contributed by atoms with Crippen molar-refractivity contribution in [3.63, 3.8) is 0 Å². The number of benzene rings is 9. The van der Waals surface area contributed by atoms with Crippen molar-refractivity contribution in [2.45, 2.75) is 0 Å². The number of thiophene rings is 1. The molecule has 57 heavy (non-hydrogen) atoms. The first-order chi connectivity index (χ1) is 28.3. The van der Waals surface area contributed by atoms with Crippen LogP contribution in [0.15, 0.2) is 206 Å². The molecule has 0 spiro atoms. The number of para-hydroxylation sites is 2. The van der Waals surface area contributed by atoms with Crippen molar-refractivity contribution < 1.29 is 0 Å². The molecule has 0 saturated heterocycles. The highest BCUT2D eigenvalue weighted by molar-refractivity contribution is 7.26. The summed E-state index contributed by atoms with van der Waals surface area (Å²) in [6, 6.07) is 75.7. The van der Waals surface area contributed by atoms with Gasteiger partial charge in [-0.15, -0.1) is 11.3 Å². The van der Waals surface area contributed by atoms with Crippen LogP contribution in [-0.4, -0.2) is 9.13 Å². The Balaban J connectivity index is 1.11. The summed E-state index contributed by atoms with van der Waals surface area (Å²) in [5.74, 6) is 0. The number of hydrogen-bond donors (Lipinski definition) is 0. The largest absolute Gasteiger partial charge is 0.309 e. The summed E-state index contributed by atoms with van der Waals surface area (Å²) in [4.78, 5) is 0. The number of nitrogens with zero attached hydrogens (tertiary/aromatic N) is 2. The lowest BCUT2D eigenvalue weighted by atomic mass is 9.98. The maximum atomic E-state index is 2.47. The van der Waals surface area contributed by atoms with Gasteiger partial charge < -0.3 is 9.13 Å². The summed E-state index contributed by atoms with van der Waals surface area (Å²) in [6.45, 7) is 0. The van der Waals surface area contributed by atoms with Crippen LogP contribution in [-0.2, 0) is 0 Å². The van der Waals surface area contributed by atoms with Gasteiger partial charge >= 0.3 is 0 Å². The van der Waals surface area contributed by atoms with Gasteiger partial charge in [-0.1, -0.05) is 146 Å². The summed E-state index contributed by atoms with van der Waals surface area (Å²) >= 11 is 1.88. The normalized spacial score (nSPS) is 11.9. The lowest BCUT2D eigenvalue weighted by Crippen LogP contribution is -1.96. The summed E-state index contributed by atoms with van der Waals surface area (Å²) < 4.78 is 7.60. The van der Waals surface area contributed by atoms with Crippen molar-refractivity contribution >= 4 is 75.1 Å². The van der Waals surface area contributed by atoms with Gasteiger partial charge in [0, 0.05) is 53.1 Å². The van der Waals surface area contributed by atoms with Crippen molar-refractivity contribution in [1.82, 2.24) is 9.13 Å². The minimum atomic E-state index is 1.15. The second-order valence-electron chi connectivity index (χ2n) is 14.9. The lowest BCUT2D eigenvalue weighted by Gasteiger charge is -2.14. The highest BCUT2D eigenvalue weighted by Gasteiger charge is 2.20. The summed E-state index contributed by atoms with van der Waals surface area (Å²) in [5, 5.41) is 7.60. The first kappa shape index (κ1) is 32.1. The zero-order valence-corrected chi connectivity index (χ0v) is 31.7. The van der Waals surface area contributed by atoms with Gasteiger partial charge in [0.2, 0.25) is 0 Å². The molecule has 0 fully saturated rings. The average molecular weight is 743 g/mol. The summed E-state index contributed by atoms with van der Waals surface area (Å²) in [5.41, 5.74) is 14.4. The Morgan fingerprint density at radius 2 is 0.772 bits per heavy atom. The van der Waals surface area contributed by atoms with Gasteiger partial charge in [-0.05, 0) is 94.0 Å². The maximum Gasteiger partial charge on any atom is 0.0548 e. The molecule has 0 amide bonds. The number of aromatic nitrogens is 2. The molecule has 0 N–H and O–H groups in total. The average Bonchev–Trinajstić information content (AvgIpc) is 3.93. The molecule has 0 atom stereocenters. The van der Waals surface area contributed by atoms with E-state index in [0.29, 0.717) is 0 Å². The molecule has 0 unspecified atom stereocenters. The predicted octanol–water partition coefficient (Wildman–Crippen LogP) is 15.2. The van der Waals surface area contributed by atoms with Gasteiger partial charge in [0.25, 0.3) is 0 Å². The molecule has 3 heteroatoms. The van der Waals surface area contributed by atoms with E-state index in [1.54, 1.807) is 0 Å². The van der Waals surface area contributed by atoms with E-state index in [1.165, 1.54) is 97.2 Å². The van der Waals surface area contributed by atoms with E-state index < -0.39 is 0 Å². The molecule has 0 aliphatic carbocycles. The Kier molecular flexibility index (Phi) is 7.13. The first-order valence-electron chi connectivity index (χ1n) is 19.5. The number of rotatable bonds is 5. The first-order valence-corrected chi connectivity index (χ1v) is 20.3. The van der Waals surface area contributed by atoms with Crippen LogP contribution in [0.2, 0.25) is 0 Å². The van der Waals surface area contributed by atoms with Crippen LogP contribution in [0.25, 0.3) is 109 Å². The third-order valence-corrected chi connectivity index (χ3v) is 12.9. The van der Waals surface area contributed by atoms with Gasteiger partial charge in [-0.3, -0.25) is 0 Å². The van der Waals surface area contributed by atoms with Crippen LogP contribution in [0, 0.1) is 0 Å². The fourth-order valence-electron chi connectivity index (χ4n) is 9.11. The van der Waals surface area contributed by atoms with E-state index in [-0.39, 0.29) is 0 Å². The molecular weight excluding hydrogens is 709 g/mol. The second kappa shape index (κ2) is 12.7. The molecule has 12 aromatic rings. The van der Waals surface area contributed by atoms with Crippen LogP contribution in [0.1, 0.15) is 0 Å². The Bertz CT molecular complexity index is 3450. The van der Waals surface area contributed by atoms with Crippen LogP contribution in [0.3, 0.4) is 0 Å². The standard InChI is InChI=1S/C54H34N2S/c1-3-15-35(16-4-1)38-29-39(36-17-5-2-6-18-36)32-41(31-38)56-50-27-11-8-22-44(50)48-33-51-47(34-52(48)56)43-21-7-10-26-49(43)55(51)40-20-13-19-37(30-40)42-24-14-25-46-45-23-9-12-28-53(45)57-54(42)46/h1-34H. The van der Waals surface area contributed by atoms with Crippen LogP contribution in [0.5, 0.6) is 0 Å². The van der Waals surface area contributed by atoms with Crippen LogP contribution in [0.4, 0.5) is 0 Å². The van der Waals surface area contributed by atoms with E-state index in [2.05, 4.69) is 215 Å². The SMILES string of the molecule is c1ccc(-c2cc(-c3ccccc3)cc(-n3c4ccccc4c4cc5c(cc43)c3ccccc3n5-c3cccc(-c4cccc5c4sc4ccccc45)c3)c2)cc1. The van der Waals surface area contributed by atoms with Crippen molar-refractivity contribution in [2.24, 2.45) is 0 Å². The molecule has 0 radical (unpaired) electrons. The zero-order valence-electron chi connectivity index (χ0n) is 30.9. The van der Waals surface area contributed by atoms with Crippen molar-refractivity contribution in [2.75, 3.05) is 0 Å². The number of fused-ring (bicyclic) bond motifs is 9. The Morgan fingerprint density at radius 1 is 0.281 bits per heavy atom. The lowest BCUT2D eigenvalue weighted by molar-refractivity contribution is 1.18. The zero-order chi connectivity index (χ0) is 37.5. The molecule has 12 rings (SSSR count). The Labute approximate surface area is 333 Å². The van der Waals surface area contributed by atoms with E-state index in [1.807, 2.05) is 11.3 Å². The fourth-order valence-corrected chi connectivity index (χ4v) is 10.3. The molecule has 9 aromatic carbocycles. The molecule has 266 valence electrons. The van der Waals surface area contributed by atoms with Gasteiger partial charge in [0.05, 0.1) is 22.1 Å². The van der Waals surface area contributed by atoms with Gasteiger partial charge in [0.15, 0.2) is 0 Å². The Hall–Kier alpha value is -7.20. The van der Waals surface area contributed by atoms with E-state index in [0.717, 1.165) is 11.4 Å². The molecule has 2 nitrogen and oxygen atoms in total. The van der Waals surface area contributed by atoms with Crippen molar-refractivity contribution in [1.29, 1.82) is 0 Å². The topological polar surface area (TPSA) is 9.86 Å². The van der Waals surface area contributed by atoms with Crippen LogP contribution < -0.4 is 0 Å². The summed E-state index contributed by atoms with van der Waals surface area (Å²) in [7, 11) is 0. The highest BCUT2D eigenvalue weighted by atomic mass is 32.1. The van der Waals surface area contributed by atoms with E-state index >= 15 is 0 Å². The van der Waals surface area contributed by atoms with Gasteiger partial charge in [-0.2, -0.15) is 0 Å². The number of hydrogen-bond acceptors (Lipinski definition) is 1. The van der Waals surface area contributed by atoms with Crippen LogP contribution >= 0.6 is 11.3 Å². The molecule has 0 saturated carbocycles. The molecule has 0 bridgehead atoms. The molecule has 0 aliphatic rings. The van der Waals surface area contributed by atoms with E-state index in [9.17, 15) is 0 Å². The highest BCUT2D eigenvalue weighted by Crippen LogP contribution is 2.43. The monoisotopic (exact) mass is 742 g/mol. The molecule has 0 aliphatic heterocycles. The predicted molar refractivity (Wildman–Crippen MR) is 244 cm³/mol. The molecule has 3 heterocycles. The molecular formula is C54H34N2S. The maximum absolute atomic E-state index is 2.47. The third kappa shape index (κ3) is 5.03. The Morgan fingerprint density at radius 3 is 1.42 bits per heavy atom. The minimum absolute atomic E-state index is 1.15. The van der Waals surface area contributed by atoms with Crippen molar-refractivity contribution in [3.05, 3.63) is 206 Å². The fraction of sp³-hybridized carbons (Fsp3) is 0. The second-order valence-corrected chi connectivity index (χ2v) is 16.0. The summed E-state index contributed by atoms with van der Waals surface area (Å²) in [6.07, 6.45) is 0. The third-order valence-electron chi connectivity index (χ3n) is 11.7. The van der Waals surface area contributed by atoms with E-state index in [4.69, 9.17) is 0 Å². The van der Waals surface area contributed by atoms with Gasteiger partial charge in [-0.25, -0.2) is 0 Å².